The molecule has 154 valence electrons. The van der Waals surface area contributed by atoms with Crippen LogP contribution in [0.2, 0.25) is 0 Å². The zero-order valence-corrected chi connectivity index (χ0v) is 17.5. The lowest BCUT2D eigenvalue weighted by atomic mass is 10.2. The molecule has 0 fully saturated rings. The van der Waals surface area contributed by atoms with Crippen molar-refractivity contribution in [2.45, 2.75) is 11.8 Å². The summed E-state index contributed by atoms with van der Waals surface area (Å²) in [7, 11) is 1.52. The summed E-state index contributed by atoms with van der Waals surface area (Å²) in [5.41, 5.74) is 1.06. The van der Waals surface area contributed by atoms with E-state index in [1.54, 1.807) is 24.3 Å². The number of amides is 3. The van der Waals surface area contributed by atoms with Gasteiger partial charge >= 0.3 is 0 Å². The summed E-state index contributed by atoms with van der Waals surface area (Å²) in [6, 6.07) is 14.3. The van der Waals surface area contributed by atoms with E-state index in [4.69, 9.17) is 4.74 Å². The Balaban J connectivity index is 1.87. The van der Waals surface area contributed by atoms with Crippen LogP contribution in [-0.2, 0) is 9.59 Å². The highest BCUT2D eigenvalue weighted by atomic mass is 32.2. The first kappa shape index (κ1) is 22.3. The van der Waals surface area contributed by atoms with Gasteiger partial charge in [0.25, 0.3) is 5.91 Å². The van der Waals surface area contributed by atoms with Crippen molar-refractivity contribution in [3.8, 4) is 5.75 Å². The van der Waals surface area contributed by atoms with Crippen LogP contribution in [-0.4, -0.2) is 55.6 Å². The third-order valence-electron chi connectivity index (χ3n) is 4.02. The Hall–Kier alpha value is -3.00. The topological polar surface area (TPSA) is 87.7 Å². The average molecular weight is 416 g/mol. The molecule has 0 aliphatic carbocycles. The summed E-state index contributed by atoms with van der Waals surface area (Å²) in [5, 5.41) is 5.38. The van der Waals surface area contributed by atoms with Crippen LogP contribution in [0.4, 0.5) is 5.69 Å². The molecule has 0 atom stereocenters. The summed E-state index contributed by atoms with van der Waals surface area (Å²) >= 11 is 1.52. The first-order chi connectivity index (χ1) is 14.0. The van der Waals surface area contributed by atoms with Gasteiger partial charge in [-0.15, -0.1) is 11.8 Å². The molecule has 0 unspecified atom stereocenters. The second-order valence-corrected chi connectivity index (χ2v) is 6.96. The van der Waals surface area contributed by atoms with Gasteiger partial charge in [-0.05, 0) is 37.4 Å². The van der Waals surface area contributed by atoms with Gasteiger partial charge in [0.05, 0.1) is 30.9 Å². The Morgan fingerprint density at radius 1 is 1.07 bits per heavy atom. The molecule has 2 N–H and O–H groups in total. The fourth-order valence-corrected chi connectivity index (χ4v) is 3.12. The zero-order valence-electron chi connectivity index (χ0n) is 16.7. The Morgan fingerprint density at radius 3 is 2.48 bits per heavy atom. The predicted molar refractivity (Wildman–Crippen MR) is 114 cm³/mol. The van der Waals surface area contributed by atoms with E-state index >= 15 is 0 Å². The maximum Gasteiger partial charge on any atom is 0.255 e. The maximum atomic E-state index is 12.4. The van der Waals surface area contributed by atoms with Crippen molar-refractivity contribution in [2.75, 3.05) is 38.3 Å². The highest BCUT2D eigenvalue weighted by molar-refractivity contribution is 7.98. The Kier molecular flexibility index (Phi) is 8.54. The number of rotatable bonds is 9. The number of ether oxygens (including phenoxy) is 1. The number of para-hydroxylation sites is 2. The number of nitrogens with zero attached hydrogens (tertiary/aromatic N) is 1. The first-order valence-electron chi connectivity index (χ1n) is 9.13. The van der Waals surface area contributed by atoms with E-state index in [9.17, 15) is 14.4 Å². The minimum absolute atomic E-state index is 0.118. The highest BCUT2D eigenvalue weighted by Crippen LogP contribution is 2.24. The van der Waals surface area contributed by atoms with Crippen LogP contribution in [0.5, 0.6) is 5.75 Å². The van der Waals surface area contributed by atoms with Gasteiger partial charge in [-0.1, -0.05) is 24.3 Å². The van der Waals surface area contributed by atoms with E-state index in [1.807, 2.05) is 37.4 Å². The molecule has 8 heteroatoms. The van der Waals surface area contributed by atoms with Crippen LogP contribution < -0.4 is 15.4 Å². The normalized spacial score (nSPS) is 10.2. The molecule has 0 saturated heterocycles. The summed E-state index contributed by atoms with van der Waals surface area (Å²) in [6.45, 7) is 1.92. The van der Waals surface area contributed by atoms with E-state index in [0.29, 0.717) is 23.6 Å². The van der Waals surface area contributed by atoms with Gasteiger partial charge < -0.3 is 20.3 Å². The van der Waals surface area contributed by atoms with Crippen LogP contribution in [0.1, 0.15) is 17.3 Å². The summed E-state index contributed by atoms with van der Waals surface area (Å²) in [6.07, 6.45) is 1.92. The molecule has 2 aromatic rings. The molecule has 2 rings (SSSR count). The van der Waals surface area contributed by atoms with Crippen LogP contribution in [0.3, 0.4) is 0 Å². The van der Waals surface area contributed by atoms with Crippen LogP contribution in [0.25, 0.3) is 0 Å². The molecule has 7 nitrogen and oxygen atoms in total. The quantitative estimate of drug-likeness (QED) is 0.615. The van der Waals surface area contributed by atoms with Crippen LogP contribution in [0.15, 0.2) is 53.4 Å². The fourth-order valence-electron chi connectivity index (χ4n) is 2.56. The molecule has 0 saturated carbocycles. The number of benzene rings is 2. The van der Waals surface area contributed by atoms with Crippen LogP contribution >= 0.6 is 11.8 Å². The molecule has 0 aliphatic heterocycles. The van der Waals surface area contributed by atoms with E-state index in [1.165, 1.54) is 23.7 Å². The number of nitrogens with one attached hydrogen (secondary N) is 2. The molecular formula is C21H25N3O4S. The first-order valence-corrected chi connectivity index (χ1v) is 10.4. The molecule has 0 spiro atoms. The molecule has 29 heavy (non-hydrogen) atoms. The van der Waals surface area contributed by atoms with E-state index < -0.39 is 5.91 Å². The van der Waals surface area contributed by atoms with Gasteiger partial charge in [0.2, 0.25) is 11.8 Å². The van der Waals surface area contributed by atoms with E-state index in [0.717, 1.165) is 4.90 Å². The third kappa shape index (κ3) is 6.53. The lowest BCUT2D eigenvalue weighted by Crippen LogP contribution is -2.41. The molecule has 0 bridgehead atoms. The smallest absolute Gasteiger partial charge is 0.255 e. The standard InChI is InChI=1S/C21H25N3O4S/c1-4-28-17-11-7-5-9-15(17)21(27)22-13-20(26)24(2)14-19(25)23-16-10-6-8-12-18(16)29-3/h5-12H,4,13-14H2,1-3H3,(H,22,27)(H,23,25). The van der Waals surface area contributed by atoms with Crippen molar-refractivity contribution in [1.82, 2.24) is 10.2 Å². The molecule has 0 radical (unpaired) electrons. The van der Waals surface area contributed by atoms with E-state index in [2.05, 4.69) is 10.6 Å². The van der Waals surface area contributed by atoms with Gasteiger partial charge in [-0.2, -0.15) is 0 Å². The van der Waals surface area contributed by atoms with Gasteiger partial charge in [0.1, 0.15) is 5.75 Å². The number of carbonyl (C=O) groups excluding carboxylic acids is 3. The lowest BCUT2D eigenvalue weighted by molar-refractivity contribution is -0.132. The summed E-state index contributed by atoms with van der Waals surface area (Å²) in [5.74, 6) is -0.634. The van der Waals surface area contributed by atoms with Gasteiger partial charge in [-0.3, -0.25) is 14.4 Å². The predicted octanol–water partition coefficient (Wildman–Crippen LogP) is 2.63. The molecule has 3 amide bonds. The summed E-state index contributed by atoms with van der Waals surface area (Å²) in [4.78, 5) is 39.1. The second kappa shape index (κ2) is 11.1. The minimum atomic E-state index is -0.408. The zero-order chi connectivity index (χ0) is 21.2. The van der Waals surface area contributed by atoms with Crippen LogP contribution in [0, 0.1) is 0 Å². The van der Waals surface area contributed by atoms with Crippen molar-refractivity contribution in [1.29, 1.82) is 0 Å². The third-order valence-corrected chi connectivity index (χ3v) is 4.82. The van der Waals surface area contributed by atoms with Crippen molar-refractivity contribution < 1.29 is 19.1 Å². The summed E-state index contributed by atoms with van der Waals surface area (Å²) < 4.78 is 5.43. The SMILES string of the molecule is CCOc1ccccc1C(=O)NCC(=O)N(C)CC(=O)Nc1ccccc1SC. The number of anilines is 1. The number of thioether (sulfide) groups is 1. The van der Waals surface area contributed by atoms with Gasteiger partial charge in [-0.25, -0.2) is 0 Å². The van der Waals surface area contributed by atoms with Crippen molar-refractivity contribution >= 4 is 35.2 Å². The van der Waals surface area contributed by atoms with Crippen molar-refractivity contribution in [3.05, 3.63) is 54.1 Å². The van der Waals surface area contributed by atoms with Gasteiger partial charge in [0, 0.05) is 11.9 Å². The minimum Gasteiger partial charge on any atom is -0.493 e. The second-order valence-electron chi connectivity index (χ2n) is 6.11. The maximum absolute atomic E-state index is 12.4. The average Bonchev–Trinajstić information content (AvgIpc) is 2.72. The largest absolute Gasteiger partial charge is 0.493 e. The number of hydrogen-bond donors (Lipinski definition) is 2. The Labute approximate surface area is 174 Å². The fraction of sp³-hybridized carbons (Fsp3) is 0.286. The van der Waals surface area contributed by atoms with E-state index in [-0.39, 0.29) is 24.9 Å². The highest BCUT2D eigenvalue weighted by Gasteiger charge is 2.17. The molecular weight excluding hydrogens is 390 g/mol. The van der Waals surface area contributed by atoms with Crippen molar-refractivity contribution in [3.63, 3.8) is 0 Å². The number of likely N-dealkylation sites (N-methyl/N-ethyl adjacent to an activating group) is 1. The Bertz CT molecular complexity index is 873. The van der Waals surface area contributed by atoms with Crippen molar-refractivity contribution in [2.24, 2.45) is 0 Å². The molecule has 0 heterocycles. The Morgan fingerprint density at radius 2 is 1.76 bits per heavy atom. The van der Waals surface area contributed by atoms with Gasteiger partial charge in [0.15, 0.2) is 0 Å². The lowest BCUT2D eigenvalue weighted by Gasteiger charge is -2.18. The number of hydrogen-bond acceptors (Lipinski definition) is 5. The molecule has 0 aliphatic rings. The number of carbonyl (C=O) groups is 3. The molecule has 2 aromatic carbocycles. The monoisotopic (exact) mass is 415 g/mol. The molecule has 0 aromatic heterocycles.